The van der Waals surface area contributed by atoms with Gasteiger partial charge in [0.1, 0.15) is 16.5 Å². The van der Waals surface area contributed by atoms with Crippen molar-refractivity contribution in [3.63, 3.8) is 0 Å². The van der Waals surface area contributed by atoms with Crippen molar-refractivity contribution in [1.29, 1.82) is 0 Å². The van der Waals surface area contributed by atoms with Crippen LogP contribution >= 0.6 is 11.3 Å². The number of aryl methyl sites for hydroxylation is 2. The molecule has 0 saturated carbocycles. The summed E-state index contributed by atoms with van der Waals surface area (Å²) in [7, 11) is -3.90. The van der Waals surface area contributed by atoms with Gasteiger partial charge in [-0.25, -0.2) is 27.2 Å². The zero-order valence-electron chi connectivity index (χ0n) is 17.9. The van der Waals surface area contributed by atoms with Crippen LogP contribution in [0.1, 0.15) is 29.6 Å². The minimum absolute atomic E-state index is 0.230. The van der Waals surface area contributed by atoms with Crippen LogP contribution in [0.5, 0.6) is 0 Å². The van der Waals surface area contributed by atoms with Gasteiger partial charge in [-0.15, -0.1) is 11.3 Å². The Morgan fingerprint density at radius 1 is 1.09 bits per heavy atom. The van der Waals surface area contributed by atoms with E-state index in [0.29, 0.717) is 24.8 Å². The fourth-order valence-corrected chi connectivity index (χ4v) is 7.44. The molecule has 1 fully saturated rings. The van der Waals surface area contributed by atoms with Crippen LogP contribution in [-0.4, -0.2) is 48.9 Å². The molecule has 1 aromatic carbocycles. The Morgan fingerprint density at radius 3 is 2.56 bits per heavy atom. The summed E-state index contributed by atoms with van der Waals surface area (Å²) in [5.74, 6) is 0.0176. The highest BCUT2D eigenvalue weighted by molar-refractivity contribution is 7.89. The molecule has 0 amide bonds. The predicted molar refractivity (Wildman–Crippen MR) is 121 cm³/mol. The topological polar surface area (TPSA) is 66.4 Å². The van der Waals surface area contributed by atoms with E-state index in [0.717, 1.165) is 53.5 Å². The van der Waals surface area contributed by atoms with E-state index in [1.54, 1.807) is 11.3 Å². The third kappa shape index (κ3) is 3.68. The highest BCUT2D eigenvalue weighted by Crippen LogP contribution is 2.41. The molecule has 0 radical (unpaired) electrons. The first-order valence-electron chi connectivity index (χ1n) is 10.7. The monoisotopic (exact) mass is 478 g/mol. The summed E-state index contributed by atoms with van der Waals surface area (Å²) in [6.07, 6.45) is 3.22. The maximum absolute atomic E-state index is 13.6. The molecule has 1 atom stereocenters. The summed E-state index contributed by atoms with van der Waals surface area (Å²) < 4.78 is 54.0. The lowest BCUT2D eigenvalue weighted by Crippen LogP contribution is -2.49. The summed E-state index contributed by atoms with van der Waals surface area (Å²) in [5.41, 5.74) is 1.34. The van der Waals surface area contributed by atoms with Crippen LogP contribution in [0.15, 0.2) is 23.1 Å². The van der Waals surface area contributed by atoms with Crippen LogP contribution in [0.25, 0.3) is 10.2 Å². The lowest BCUT2D eigenvalue weighted by molar-refractivity contribution is 0.383. The summed E-state index contributed by atoms with van der Waals surface area (Å²) in [6.45, 7) is 5.58. The maximum atomic E-state index is 13.6. The smallest absolute Gasteiger partial charge is 0.243 e. The second-order valence-electron chi connectivity index (χ2n) is 8.59. The van der Waals surface area contributed by atoms with E-state index in [1.165, 1.54) is 14.7 Å². The number of piperazine rings is 1. The fraction of sp³-hybridized carbons (Fsp3) is 0.455. The van der Waals surface area contributed by atoms with Gasteiger partial charge in [0.15, 0.2) is 11.6 Å². The fourth-order valence-electron chi connectivity index (χ4n) is 4.58. The van der Waals surface area contributed by atoms with Gasteiger partial charge in [0, 0.05) is 31.1 Å². The van der Waals surface area contributed by atoms with Crippen molar-refractivity contribution in [3.8, 4) is 0 Å². The number of thiophene rings is 1. The lowest BCUT2D eigenvalue weighted by atomic mass is 9.89. The van der Waals surface area contributed by atoms with Crippen molar-refractivity contribution in [1.82, 2.24) is 14.3 Å². The molecule has 10 heteroatoms. The molecule has 1 unspecified atom stereocenters. The number of halogens is 2. The van der Waals surface area contributed by atoms with E-state index in [9.17, 15) is 17.2 Å². The minimum atomic E-state index is -3.90. The number of rotatable bonds is 3. The molecule has 5 rings (SSSR count). The number of aromatic nitrogens is 2. The third-order valence-electron chi connectivity index (χ3n) is 6.31. The van der Waals surface area contributed by atoms with Crippen LogP contribution in [0.3, 0.4) is 0 Å². The van der Waals surface area contributed by atoms with E-state index in [4.69, 9.17) is 4.98 Å². The molecule has 3 aromatic rings. The molecule has 0 spiro atoms. The van der Waals surface area contributed by atoms with Crippen molar-refractivity contribution in [3.05, 3.63) is 46.1 Å². The van der Waals surface area contributed by atoms with Crippen LogP contribution in [0.2, 0.25) is 0 Å². The molecule has 2 aliphatic rings. The molecule has 32 heavy (non-hydrogen) atoms. The number of sulfonamides is 1. The summed E-state index contributed by atoms with van der Waals surface area (Å²) in [5, 5.41) is 1.11. The van der Waals surface area contributed by atoms with Gasteiger partial charge in [-0.05, 0) is 55.9 Å². The molecule has 1 aliphatic carbocycles. The Labute approximate surface area is 189 Å². The number of benzene rings is 1. The maximum Gasteiger partial charge on any atom is 0.243 e. The Kier molecular flexibility index (Phi) is 5.42. The first-order chi connectivity index (χ1) is 15.2. The molecule has 0 N–H and O–H groups in total. The van der Waals surface area contributed by atoms with E-state index in [-0.39, 0.29) is 18.0 Å². The van der Waals surface area contributed by atoms with E-state index in [1.807, 2.05) is 6.92 Å². The van der Waals surface area contributed by atoms with Crippen molar-refractivity contribution in [2.45, 2.75) is 38.0 Å². The zero-order valence-corrected chi connectivity index (χ0v) is 19.6. The predicted octanol–water partition coefficient (Wildman–Crippen LogP) is 3.91. The summed E-state index contributed by atoms with van der Waals surface area (Å²) >= 11 is 1.75. The van der Waals surface area contributed by atoms with Crippen molar-refractivity contribution in [2.75, 3.05) is 31.1 Å². The second kappa shape index (κ2) is 8.00. The van der Waals surface area contributed by atoms with Gasteiger partial charge >= 0.3 is 0 Å². The van der Waals surface area contributed by atoms with Gasteiger partial charge in [0.05, 0.1) is 10.3 Å². The van der Waals surface area contributed by atoms with E-state index >= 15 is 0 Å². The average molecular weight is 479 g/mol. The van der Waals surface area contributed by atoms with E-state index < -0.39 is 21.7 Å². The molecule has 1 aliphatic heterocycles. The Balaban J connectivity index is 1.42. The molecule has 2 aromatic heterocycles. The van der Waals surface area contributed by atoms with Gasteiger partial charge in [0.2, 0.25) is 10.0 Å². The molecular weight excluding hydrogens is 454 g/mol. The Hall–Kier alpha value is -2.17. The number of nitrogens with zero attached hydrogens (tertiary/aromatic N) is 4. The average Bonchev–Trinajstić information content (AvgIpc) is 3.12. The molecule has 3 heterocycles. The normalized spacial score (nSPS) is 20.0. The molecule has 1 saturated heterocycles. The van der Waals surface area contributed by atoms with Crippen LogP contribution in [0, 0.1) is 24.5 Å². The SMILES string of the molecule is Cc1nc(N2CCN(S(=O)(=O)c3ccc(F)c(F)c3)CC2)c2c3c(sc2n1)CC(C)CC3. The highest BCUT2D eigenvalue weighted by atomic mass is 32.2. The Morgan fingerprint density at radius 2 is 1.84 bits per heavy atom. The summed E-state index contributed by atoms with van der Waals surface area (Å²) in [4.78, 5) is 13.7. The molecule has 170 valence electrons. The highest BCUT2D eigenvalue weighted by Gasteiger charge is 2.32. The molecule has 0 bridgehead atoms. The van der Waals surface area contributed by atoms with Gasteiger partial charge in [0.25, 0.3) is 0 Å². The first-order valence-corrected chi connectivity index (χ1v) is 13.0. The van der Waals surface area contributed by atoms with Crippen molar-refractivity contribution < 1.29 is 17.2 Å². The Bertz CT molecular complexity index is 1300. The van der Waals surface area contributed by atoms with Gasteiger partial charge in [-0.1, -0.05) is 6.92 Å². The van der Waals surface area contributed by atoms with Crippen LogP contribution < -0.4 is 4.90 Å². The molecule has 6 nitrogen and oxygen atoms in total. The van der Waals surface area contributed by atoms with E-state index in [2.05, 4.69) is 16.8 Å². The number of anilines is 1. The van der Waals surface area contributed by atoms with Gasteiger partial charge in [-0.3, -0.25) is 0 Å². The summed E-state index contributed by atoms with van der Waals surface area (Å²) in [6, 6.07) is 2.70. The number of hydrogen-bond donors (Lipinski definition) is 0. The lowest BCUT2D eigenvalue weighted by Gasteiger charge is -2.35. The third-order valence-corrected chi connectivity index (χ3v) is 9.36. The zero-order chi connectivity index (χ0) is 22.6. The molecular formula is C22H24F2N4O2S2. The second-order valence-corrected chi connectivity index (χ2v) is 11.6. The quantitative estimate of drug-likeness (QED) is 0.571. The van der Waals surface area contributed by atoms with Crippen LogP contribution in [-0.2, 0) is 22.9 Å². The first kappa shape index (κ1) is 21.7. The number of hydrogen-bond acceptors (Lipinski definition) is 6. The van der Waals surface area contributed by atoms with Crippen molar-refractivity contribution in [2.24, 2.45) is 5.92 Å². The largest absolute Gasteiger partial charge is 0.353 e. The van der Waals surface area contributed by atoms with Crippen LogP contribution in [0.4, 0.5) is 14.6 Å². The van der Waals surface area contributed by atoms with Gasteiger partial charge < -0.3 is 4.90 Å². The standard InChI is InChI=1S/C22H24F2N4O2S2/c1-13-3-5-16-19(11-13)31-22-20(16)21(25-14(2)26-22)27-7-9-28(10-8-27)32(29,30)15-4-6-17(23)18(24)12-15/h4,6,12-13H,3,5,7-11H2,1-2H3. The number of fused-ring (bicyclic) bond motifs is 3. The van der Waals surface area contributed by atoms with Crippen molar-refractivity contribution >= 4 is 37.4 Å². The van der Waals surface area contributed by atoms with Gasteiger partial charge in [-0.2, -0.15) is 4.31 Å². The minimum Gasteiger partial charge on any atom is -0.353 e.